The fourth-order valence-corrected chi connectivity index (χ4v) is 3.12. The Labute approximate surface area is 111 Å². The Morgan fingerprint density at radius 3 is 2.83 bits per heavy atom. The molecule has 2 aromatic rings. The van der Waals surface area contributed by atoms with Gasteiger partial charge >= 0.3 is 0 Å². The first kappa shape index (κ1) is 13.1. The van der Waals surface area contributed by atoms with Gasteiger partial charge in [-0.05, 0) is 22.6 Å². The molecule has 0 fully saturated rings. The zero-order chi connectivity index (χ0) is 13.3. The number of amides is 1. The third-order valence-corrected chi connectivity index (χ3v) is 4.50. The van der Waals surface area contributed by atoms with E-state index in [1.54, 1.807) is 36.7 Å². The van der Waals surface area contributed by atoms with Crippen LogP contribution in [0.1, 0.15) is 6.92 Å². The highest BCUT2D eigenvalue weighted by Gasteiger charge is 2.21. The average molecular weight is 284 g/mol. The van der Waals surface area contributed by atoms with E-state index in [-0.39, 0.29) is 0 Å². The van der Waals surface area contributed by atoms with Gasteiger partial charge in [0, 0.05) is 24.6 Å². The zero-order valence-corrected chi connectivity index (χ0v) is 11.5. The Morgan fingerprint density at radius 1 is 1.44 bits per heavy atom. The monoisotopic (exact) mass is 283 g/mol. The summed E-state index contributed by atoms with van der Waals surface area (Å²) in [6.45, 7) is 1.32. The number of benzene rings is 1. The molecule has 0 aliphatic rings. The maximum Gasteiger partial charge on any atom is 0.288 e. The molecular weight excluding hydrogens is 272 g/mol. The smallest absolute Gasteiger partial charge is 0.268 e. The Bertz CT molecular complexity index is 679. The van der Waals surface area contributed by atoms with Gasteiger partial charge in [-0.3, -0.25) is 9.78 Å². The second kappa shape index (κ2) is 4.76. The summed E-state index contributed by atoms with van der Waals surface area (Å²) in [7, 11) is -2.48. The molecule has 0 saturated heterocycles. The number of hydrogen-bond donors (Lipinski definition) is 1. The van der Waals surface area contributed by atoms with Gasteiger partial charge in [-0.15, -0.1) is 0 Å². The van der Waals surface area contributed by atoms with Crippen molar-refractivity contribution in [3.8, 4) is 0 Å². The molecule has 4 nitrogen and oxygen atoms in total. The van der Waals surface area contributed by atoms with Gasteiger partial charge in [-0.25, -0.2) is 4.55 Å². The van der Waals surface area contributed by atoms with Crippen molar-refractivity contribution >= 4 is 38.5 Å². The maximum absolute atomic E-state index is 11.0. The van der Waals surface area contributed by atoms with Crippen LogP contribution >= 0.6 is 11.6 Å². The standard InChI is InChI=1S/C12H11ClN2O2S/c1-8(16)15-18(2,17)9-3-4-12-10(7-9)11(13)5-6-14-12/h3-7H,1-2H3/p+1. The van der Waals surface area contributed by atoms with Crippen molar-refractivity contribution in [3.63, 3.8) is 0 Å². The Balaban J connectivity index is 2.68. The number of pyridine rings is 1. The quantitative estimate of drug-likeness (QED) is 0.817. The molecule has 0 bridgehead atoms. The van der Waals surface area contributed by atoms with E-state index in [1.807, 2.05) is 0 Å². The van der Waals surface area contributed by atoms with E-state index in [9.17, 15) is 9.35 Å². The van der Waals surface area contributed by atoms with Crippen LogP contribution in [-0.4, -0.2) is 21.7 Å². The van der Waals surface area contributed by atoms with Crippen molar-refractivity contribution in [2.24, 2.45) is 4.36 Å². The fraction of sp³-hybridized carbons (Fsp3) is 0.167. The predicted molar refractivity (Wildman–Crippen MR) is 74.0 cm³/mol. The number of halogens is 1. The number of nitrogens with zero attached hydrogens (tertiary/aromatic N) is 2. The minimum atomic E-state index is -2.48. The summed E-state index contributed by atoms with van der Waals surface area (Å²) in [5.74, 6) is -0.396. The van der Waals surface area contributed by atoms with Crippen LogP contribution in [0.5, 0.6) is 0 Å². The number of fused-ring (bicyclic) bond motifs is 1. The van der Waals surface area contributed by atoms with E-state index in [4.69, 9.17) is 11.6 Å². The summed E-state index contributed by atoms with van der Waals surface area (Å²) in [5.41, 5.74) is 0.740. The van der Waals surface area contributed by atoms with E-state index in [0.29, 0.717) is 9.92 Å². The Hall–Kier alpha value is -1.30. The summed E-state index contributed by atoms with van der Waals surface area (Å²) < 4.78 is 14.0. The third-order valence-electron chi connectivity index (χ3n) is 2.41. The van der Waals surface area contributed by atoms with E-state index < -0.39 is 16.0 Å². The molecule has 1 aromatic heterocycles. The molecule has 1 unspecified atom stereocenters. The molecule has 18 heavy (non-hydrogen) atoms. The third kappa shape index (κ3) is 2.58. The van der Waals surface area contributed by atoms with Crippen molar-refractivity contribution < 1.29 is 9.35 Å². The average Bonchev–Trinajstić information content (AvgIpc) is 2.27. The maximum atomic E-state index is 11.0. The molecule has 0 aliphatic heterocycles. The summed E-state index contributed by atoms with van der Waals surface area (Å²) in [6, 6.07) is 6.88. The summed E-state index contributed by atoms with van der Waals surface area (Å²) in [4.78, 5) is 15.8. The SMILES string of the molecule is CC(=O)N=[S+](C)(O)c1ccc2nccc(Cl)c2c1. The van der Waals surface area contributed by atoms with Gasteiger partial charge in [0.25, 0.3) is 5.91 Å². The largest absolute Gasteiger partial charge is 0.288 e. The number of carbonyl (C=O) groups excluding carboxylic acids is 1. The van der Waals surface area contributed by atoms with Gasteiger partial charge in [0.1, 0.15) is 16.4 Å². The van der Waals surface area contributed by atoms with Crippen LogP contribution in [0.3, 0.4) is 0 Å². The van der Waals surface area contributed by atoms with Crippen LogP contribution in [0.2, 0.25) is 5.02 Å². The van der Waals surface area contributed by atoms with E-state index in [0.717, 1.165) is 10.9 Å². The van der Waals surface area contributed by atoms with Crippen LogP contribution in [-0.2, 0) is 14.9 Å². The van der Waals surface area contributed by atoms with Crippen LogP contribution in [0.4, 0.5) is 0 Å². The first-order valence-corrected chi connectivity index (χ1v) is 7.52. The number of hydrogen-bond acceptors (Lipinski definition) is 2. The molecule has 0 radical (unpaired) electrons. The molecular formula is C12H12ClN2O2S+. The van der Waals surface area contributed by atoms with Crippen molar-refractivity contribution in [1.29, 1.82) is 0 Å². The lowest BCUT2D eigenvalue weighted by atomic mass is 10.2. The van der Waals surface area contributed by atoms with Crippen molar-refractivity contribution in [2.75, 3.05) is 6.26 Å². The van der Waals surface area contributed by atoms with Crippen LogP contribution in [0.15, 0.2) is 39.7 Å². The number of rotatable bonds is 1. The van der Waals surface area contributed by atoms with Crippen LogP contribution in [0, 0.1) is 0 Å². The molecule has 1 heterocycles. The Morgan fingerprint density at radius 2 is 2.17 bits per heavy atom. The molecule has 1 amide bonds. The lowest BCUT2D eigenvalue weighted by molar-refractivity contribution is -0.115. The van der Waals surface area contributed by atoms with Crippen LogP contribution in [0.25, 0.3) is 10.9 Å². The van der Waals surface area contributed by atoms with E-state index >= 15 is 0 Å². The molecule has 1 aromatic carbocycles. The highest BCUT2D eigenvalue weighted by Crippen LogP contribution is 2.26. The van der Waals surface area contributed by atoms with Crippen molar-refractivity contribution in [2.45, 2.75) is 11.8 Å². The lowest BCUT2D eigenvalue weighted by Gasteiger charge is -2.06. The Kier molecular flexibility index (Phi) is 3.47. The van der Waals surface area contributed by atoms with Gasteiger partial charge < -0.3 is 0 Å². The van der Waals surface area contributed by atoms with E-state index in [2.05, 4.69) is 9.35 Å². The lowest BCUT2D eigenvalue weighted by Crippen LogP contribution is -2.10. The first-order chi connectivity index (χ1) is 8.40. The zero-order valence-electron chi connectivity index (χ0n) is 9.92. The topological polar surface area (TPSA) is 62.5 Å². The number of aromatic nitrogens is 1. The van der Waals surface area contributed by atoms with Crippen molar-refractivity contribution in [1.82, 2.24) is 4.98 Å². The summed E-state index contributed by atoms with van der Waals surface area (Å²) in [6.07, 6.45) is 3.16. The fourth-order valence-electron chi connectivity index (χ4n) is 1.64. The molecule has 2 rings (SSSR count). The molecule has 0 saturated carbocycles. The van der Waals surface area contributed by atoms with Gasteiger partial charge in [0.2, 0.25) is 0 Å². The van der Waals surface area contributed by atoms with Crippen molar-refractivity contribution in [3.05, 3.63) is 35.5 Å². The second-order valence-corrected chi connectivity index (χ2v) is 6.64. The summed E-state index contributed by atoms with van der Waals surface area (Å²) >= 11 is 6.07. The minimum absolute atomic E-state index is 0.396. The van der Waals surface area contributed by atoms with Gasteiger partial charge in [-0.2, -0.15) is 0 Å². The molecule has 1 atom stereocenters. The summed E-state index contributed by atoms with van der Waals surface area (Å²) in [5, 5.41) is 1.29. The van der Waals surface area contributed by atoms with Crippen LogP contribution < -0.4 is 0 Å². The predicted octanol–water partition coefficient (Wildman–Crippen LogP) is 3.23. The molecule has 1 N–H and O–H groups in total. The second-order valence-electron chi connectivity index (χ2n) is 3.92. The molecule has 6 heteroatoms. The van der Waals surface area contributed by atoms with E-state index in [1.165, 1.54) is 6.92 Å². The molecule has 0 spiro atoms. The molecule has 94 valence electrons. The normalized spacial score (nSPS) is 14.2. The minimum Gasteiger partial charge on any atom is -0.268 e. The number of carbonyl (C=O) groups is 1. The highest BCUT2D eigenvalue weighted by molar-refractivity contribution is 7.99. The molecule has 0 aliphatic carbocycles. The van der Waals surface area contributed by atoms with Gasteiger partial charge in [-0.1, -0.05) is 11.6 Å². The van der Waals surface area contributed by atoms with Gasteiger partial charge in [0.05, 0.1) is 10.5 Å². The van der Waals surface area contributed by atoms with Gasteiger partial charge in [0.15, 0.2) is 4.90 Å². The highest BCUT2D eigenvalue weighted by atomic mass is 35.5. The first-order valence-electron chi connectivity index (χ1n) is 5.19.